The maximum atomic E-state index is 12.5. The predicted molar refractivity (Wildman–Crippen MR) is 95.3 cm³/mol. The molecule has 0 saturated carbocycles. The normalized spacial score (nSPS) is 11.7. The second-order valence-electron chi connectivity index (χ2n) is 5.54. The SMILES string of the molecule is COc1ccc(NC(=O)CC(c2ccccc2)n2cccc2)cc1. The fraction of sp³-hybridized carbons (Fsp3) is 0.150. The van der Waals surface area contributed by atoms with Crippen LogP contribution in [0, 0.1) is 0 Å². The van der Waals surface area contributed by atoms with Gasteiger partial charge in [0.1, 0.15) is 5.75 Å². The first-order chi connectivity index (χ1) is 11.8. The number of methoxy groups -OCH3 is 1. The van der Waals surface area contributed by atoms with Gasteiger partial charge in [0.05, 0.1) is 19.6 Å². The lowest BCUT2D eigenvalue weighted by atomic mass is 10.0. The number of nitrogens with one attached hydrogen (secondary N) is 1. The smallest absolute Gasteiger partial charge is 0.226 e. The van der Waals surface area contributed by atoms with Crippen LogP contribution < -0.4 is 10.1 Å². The van der Waals surface area contributed by atoms with Crippen LogP contribution in [0.5, 0.6) is 5.75 Å². The van der Waals surface area contributed by atoms with E-state index in [0.717, 1.165) is 17.0 Å². The van der Waals surface area contributed by atoms with E-state index in [1.807, 2.05) is 79.1 Å². The Kier molecular flexibility index (Phi) is 4.96. The largest absolute Gasteiger partial charge is 0.497 e. The highest BCUT2D eigenvalue weighted by Crippen LogP contribution is 2.23. The van der Waals surface area contributed by atoms with Gasteiger partial charge >= 0.3 is 0 Å². The molecule has 1 aromatic heterocycles. The first-order valence-corrected chi connectivity index (χ1v) is 7.87. The molecule has 0 spiro atoms. The van der Waals surface area contributed by atoms with Crippen LogP contribution in [-0.4, -0.2) is 17.6 Å². The van der Waals surface area contributed by atoms with Crippen molar-refractivity contribution in [3.05, 3.63) is 84.7 Å². The molecular weight excluding hydrogens is 300 g/mol. The van der Waals surface area contributed by atoms with Crippen LogP contribution in [0.4, 0.5) is 5.69 Å². The molecule has 1 N–H and O–H groups in total. The van der Waals surface area contributed by atoms with Crippen LogP contribution in [-0.2, 0) is 4.79 Å². The summed E-state index contributed by atoms with van der Waals surface area (Å²) in [5.74, 6) is 0.741. The Hall–Kier alpha value is -3.01. The molecule has 0 radical (unpaired) electrons. The van der Waals surface area contributed by atoms with Gasteiger partial charge in [-0.25, -0.2) is 0 Å². The van der Waals surface area contributed by atoms with Gasteiger partial charge in [-0.2, -0.15) is 0 Å². The van der Waals surface area contributed by atoms with E-state index in [9.17, 15) is 4.79 Å². The van der Waals surface area contributed by atoms with Crippen molar-refractivity contribution in [2.45, 2.75) is 12.5 Å². The molecule has 3 aromatic rings. The first kappa shape index (κ1) is 15.9. The number of aromatic nitrogens is 1. The maximum absolute atomic E-state index is 12.5. The van der Waals surface area contributed by atoms with E-state index in [1.165, 1.54) is 0 Å². The van der Waals surface area contributed by atoms with Crippen LogP contribution >= 0.6 is 0 Å². The van der Waals surface area contributed by atoms with Gasteiger partial charge in [-0.05, 0) is 42.0 Å². The Morgan fingerprint density at radius 1 is 1.00 bits per heavy atom. The Balaban J connectivity index is 1.73. The molecule has 1 heterocycles. The first-order valence-electron chi connectivity index (χ1n) is 7.87. The van der Waals surface area contributed by atoms with Gasteiger partial charge in [0, 0.05) is 18.1 Å². The molecule has 122 valence electrons. The summed E-state index contributed by atoms with van der Waals surface area (Å²) in [7, 11) is 1.62. The fourth-order valence-electron chi connectivity index (χ4n) is 2.69. The number of nitrogens with zero attached hydrogens (tertiary/aromatic N) is 1. The quantitative estimate of drug-likeness (QED) is 0.742. The Bertz CT molecular complexity index is 765. The lowest BCUT2D eigenvalue weighted by molar-refractivity contribution is -0.116. The van der Waals surface area contributed by atoms with Crippen molar-refractivity contribution in [1.82, 2.24) is 4.57 Å². The molecule has 0 aliphatic rings. The average molecular weight is 320 g/mol. The third-order valence-corrected chi connectivity index (χ3v) is 3.92. The summed E-state index contributed by atoms with van der Waals surface area (Å²) < 4.78 is 7.19. The summed E-state index contributed by atoms with van der Waals surface area (Å²) in [6.45, 7) is 0. The number of benzene rings is 2. The van der Waals surface area contributed by atoms with Crippen LogP contribution in [0.15, 0.2) is 79.1 Å². The number of rotatable bonds is 6. The summed E-state index contributed by atoms with van der Waals surface area (Å²) in [4.78, 5) is 12.5. The number of anilines is 1. The van der Waals surface area contributed by atoms with Gasteiger partial charge in [-0.3, -0.25) is 4.79 Å². The summed E-state index contributed by atoms with van der Waals surface area (Å²) in [5.41, 5.74) is 1.87. The van der Waals surface area contributed by atoms with E-state index in [4.69, 9.17) is 4.74 Å². The van der Waals surface area contributed by atoms with Gasteiger partial charge in [0.15, 0.2) is 0 Å². The molecule has 2 aromatic carbocycles. The Morgan fingerprint density at radius 2 is 1.67 bits per heavy atom. The molecule has 4 heteroatoms. The molecule has 3 rings (SSSR count). The molecule has 1 unspecified atom stereocenters. The molecule has 24 heavy (non-hydrogen) atoms. The van der Waals surface area contributed by atoms with Crippen LogP contribution in [0.25, 0.3) is 0 Å². The van der Waals surface area contributed by atoms with Crippen molar-refractivity contribution >= 4 is 11.6 Å². The number of hydrogen-bond acceptors (Lipinski definition) is 2. The van der Waals surface area contributed by atoms with Crippen LogP contribution in [0.3, 0.4) is 0 Å². The summed E-state index contributed by atoms with van der Waals surface area (Å²) in [6.07, 6.45) is 4.33. The lowest BCUT2D eigenvalue weighted by Crippen LogP contribution is -2.19. The number of ether oxygens (including phenoxy) is 1. The van der Waals surface area contributed by atoms with Crippen LogP contribution in [0.2, 0.25) is 0 Å². The van der Waals surface area contributed by atoms with Gasteiger partial charge in [-0.1, -0.05) is 30.3 Å². The molecule has 1 atom stereocenters. The molecule has 0 aliphatic heterocycles. The maximum Gasteiger partial charge on any atom is 0.226 e. The van der Waals surface area contributed by atoms with Crippen LogP contribution in [0.1, 0.15) is 18.0 Å². The molecule has 4 nitrogen and oxygen atoms in total. The monoisotopic (exact) mass is 320 g/mol. The second kappa shape index (κ2) is 7.51. The van der Waals surface area contributed by atoms with Crippen molar-refractivity contribution in [3.8, 4) is 5.75 Å². The number of carbonyl (C=O) groups excluding carboxylic acids is 1. The van der Waals surface area contributed by atoms with Crippen molar-refractivity contribution in [2.24, 2.45) is 0 Å². The van der Waals surface area contributed by atoms with Gasteiger partial charge in [0.2, 0.25) is 5.91 Å². The molecule has 0 aliphatic carbocycles. The van der Waals surface area contributed by atoms with E-state index in [1.54, 1.807) is 7.11 Å². The van der Waals surface area contributed by atoms with Crippen molar-refractivity contribution in [1.29, 1.82) is 0 Å². The highest BCUT2D eigenvalue weighted by Gasteiger charge is 2.17. The summed E-state index contributed by atoms with van der Waals surface area (Å²) in [6, 6.07) is 21.3. The van der Waals surface area contributed by atoms with Crippen molar-refractivity contribution < 1.29 is 9.53 Å². The van der Waals surface area contributed by atoms with E-state index < -0.39 is 0 Å². The van der Waals surface area contributed by atoms with Crippen molar-refractivity contribution in [2.75, 3.05) is 12.4 Å². The fourth-order valence-corrected chi connectivity index (χ4v) is 2.69. The summed E-state index contributed by atoms with van der Waals surface area (Å²) in [5, 5.41) is 2.95. The molecule has 0 saturated heterocycles. The third-order valence-electron chi connectivity index (χ3n) is 3.92. The molecule has 0 fully saturated rings. The van der Waals surface area contributed by atoms with Gasteiger partial charge in [0.25, 0.3) is 0 Å². The zero-order valence-electron chi connectivity index (χ0n) is 13.6. The minimum absolute atomic E-state index is 0.0253. The third kappa shape index (κ3) is 3.84. The molecule has 1 amide bonds. The minimum atomic E-state index is -0.0283. The lowest BCUT2D eigenvalue weighted by Gasteiger charge is -2.19. The van der Waals surface area contributed by atoms with E-state index in [0.29, 0.717) is 6.42 Å². The van der Waals surface area contributed by atoms with E-state index >= 15 is 0 Å². The Morgan fingerprint density at radius 3 is 2.29 bits per heavy atom. The molecule has 0 bridgehead atoms. The highest BCUT2D eigenvalue weighted by atomic mass is 16.5. The zero-order valence-corrected chi connectivity index (χ0v) is 13.6. The predicted octanol–water partition coefficient (Wildman–Crippen LogP) is 4.11. The number of carbonyl (C=O) groups is 1. The number of hydrogen-bond donors (Lipinski definition) is 1. The second-order valence-corrected chi connectivity index (χ2v) is 5.54. The van der Waals surface area contributed by atoms with Gasteiger partial charge in [-0.15, -0.1) is 0 Å². The Labute approximate surface area is 141 Å². The number of amides is 1. The topological polar surface area (TPSA) is 43.3 Å². The molecular formula is C20H20N2O2. The highest BCUT2D eigenvalue weighted by molar-refractivity contribution is 5.91. The standard InChI is InChI=1S/C20H20N2O2/c1-24-18-11-9-17(10-12-18)21-20(23)15-19(22-13-5-6-14-22)16-7-3-2-4-8-16/h2-14,19H,15H2,1H3,(H,21,23). The van der Waals surface area contributed by atoms with E-state index in [2.05, 4.69) is 9.88 Å². The van der Waals surface area contributed by atoms with E-state index in [-0.39, 0.29) is 11.9 Å². The average Bonchev–Trinajstić information content (AvgIpc) is 3.15. The zero-order chi connectivity index (χ0) is 16.8. The minimum Gasteiger partial charge on any atom is -0.497 e. The summed E-state index contributed by atoms with van der Waals surface area (Å²) >= 11 is 0. The van der Waals surface area contributed by atoms with Gasteiger partial charge < -0.3 is 14.6 Å². The van der Waals surface area contributed by atoms with Crippen molar-refractivity contribution in [3.63, 3.8) is 0 Å².